The highest BCUT2D eigenvalue weighted by Gasteiger charge is 2.27. The van der Waals surface area contributed by atoms with Gasteiger partial charge in [-0.2, -0.15) is 0 Å². The summed E-state index contributed by atoms with van der Waals surface area (Å²) in [5, 5.41) is 9.04. The van der Waals surface area contributed by atoms with Crippen LogP contribution in [0.2, 0.25) is 0 Å². The highest BCUT2D eigenvalue weighted by molar-refractivity contribution is 5.85. The Morgan fingerprint density at radius 1 is 1.38 bits per heavy atom. The zero-order chi connectivity index (χ0) is 14.7. The summed E-state index contributed by atoms with van der Waals surface area (Å²) in [5.41, 5.74) is 1.20. The number of hydrogen-bond donors (Lipinski definition) is 1. The molecule has 21 heavy (non-hydrogen) atoms. The number of carbonyl (C=O) groups is 1. The Morgan fingerprint density at radius 3 is 3.05 bits per heavy atom. The second kappa shape index (κ2) is 5.87. The van der Waals surface area contributed by atoms with Crippen LogP contribution in [0.4, 0.5) is 5.95 Å². The van der Waals surface area contributed by atoms with Gasteiger partial charge < -0.3 is 10.0 Å². The van der Waals surface area contributed by atoms with Crippen molar-refractivity contribution in [3.8, 4) is 0 Å². The first-order valence-electron chi connectivity index (χ1n) is 6.96. The van der Waals surface area contributed by atoms with Gasteiger partial charge in [0.25, 0.3) is 0 Å². The standard InChI is InChI=1S/C15H16N4O2/c20-14(21)13-5-7-17-15(18-13)19-8-2-4-12(19)9-11-3-1-6-16-10-11/h1,3,5-7,10,12H,2,4,8-9H2,(H,20,21). The molecule has 2 aromatic heterocycles. The van der Waals surface area contributed by atoms with Crippen LogP contribution in [0.25, 0.3) is 0 Å². The largest absolute Gasteiger partial charge is 0.477 e. The molecule has 6 nitrogen and oxygen atoms in total. The minimum atomic E-state index is -1.03. The summed E-state index contributed by atoms with van der Waals surface area (Å²) in [7, 11) is 0. The molecule has 2 aromatic rings. The molecule has 108 valence electrons. The van der Waals surface area contributed by atoms with Crippen molar-refractivity contribution in [2.24, 2.45) is 0 Å². The van der Waals surface area contributed by atoms with E-state index >= 15 is 0 Å². The summed E-state index contributed by atoms with van der Waals surface area (Å²) in [6.45, 7) is 0.855. The molecule has 0 bridgehead atoms. The fourth-order valence-corrected chi connectivity index (χ4v) is 2.71. The fraction of sp³-hybridized carbons (Fsp3) is 0.333. The molecule has 1 aliphatic heterocycles. The number of rotatable bonds is 4. The van der Waals surface area contributed by atoms with Crippen molar-refractivity contribution >= 4 is 11.9 Å². The highest BCUT2D eigenvalue weighted by Crippen LogP contribution is 2.24. The van der Waals surface area contributed by atoms with Gasteiger partial charge in [0.15, 0.2) is 5.69 Å². The summed E-state index contributed by atoms with van der Waals surface area (Å²) in [6, 6.07) is 5.69. The third kappa shape index (κ3) is 2.99. The fourth-order valence-electron chi connectivity index (χ4n) is 2.71. The number of aromatic carboxylic acids is 1. The topological polar surface area (TPSA) is 79.2 Å². The number of hydrogen-bond acceptors (Lipinski definition) is 5. The van der Waals surface area contributed by atoms with E-state index in [1.54, 1.807) is 6.20 Å². The molecule has 1 unspecified atom stereocenters. The van der Waals surface area contributed by atoms with Crippen molar-refractivity contribution in [2.75, 3.05) is 11.4 Å². The predicted molar refractivity (Wildman–Crippen MR) is 77.3 cm³/mol. The molecule has 0 spiro atoms. The second-order valence-corrected chi connectivity index (χ2v) is 5.10. The van der Waals surface area contributed by atoms with Gasteiger partial charge in [-0.25, -0.2) is 14.8 Å². The lowest BCUT2D eigenvalue weighted by Gasteiger charge is -2.24. The van der Waals surface area contributed by atoms with Gasteiger partial charge in [0.05, 0.1) is 0 Å². The molecule has 1 aliphatic rings. The molecule has 0 saturated carbocycles. The van der Waals surface area contributed by atoms with Gasteiger partial charge >= 0.3 is 5.97 Å². The summed E-state index contributed by atoms with van der Waals surface area (Å²) in [5.74, 6) is -0.525. The lowest BCUT2D eigenvalue weighted by Crippen LogP contribution is -2.32. The maximum atomic E-state index is 11.0. The van der Waals surface area contributed by atoms with Crippen LogP contribution < -0.4 is 4.90 Å². The average molecular weight is 284 g/mol. The molecule has 3 rings (SSSR count). The van der Waals surface area contributed by atoms with Crippen LogP contribution in [0.5, 0.6) is 0 Å². The lowest BCUT2D eigenvalue weighted by molar-refractivity contribution is 0.0690. The van der Waals surface area contributed by atoms with E-state index in [1.807, 2.05) is 12.3 Å². The minimum absolute atomic E-state index is 0.0343. The molecule has 1 atom stereocenters. The summed E-state index contributed by atoms with van der Waals surface area (Å²) >= 11 is 0. The van der Waals surface area contributed by atoms with Gasteiger partial charge in [-0.15, -0.1) is 0 Å². The third-order valence-electron chi connectivity index (χ3n) is 3.69. The van der Waals surface area contributed by atoms with E-state index in [9.17, 15) is 4.79 Å². The van der Waals surface area contributed by atoms with E-state index in [2.05, 4.69) is 25.9 Å². The van der Waals surface area contributed by atoms with Gasteiger partial charge in [0.2, 0.25) is 5.95 Å². The van der Waals surface area contributed by atoms with Crippen molar-refractivity contribution in [1.82, 2.24) is 15.0 Å². The Morgan fingerprint density at radius 2 is 2.29 bits per heavy atom. The normalized spacial score (nSPS) is 17.9. The van der Waals surface area contributed by atoms with Crippen molar-refractivity contribution in [3.63, 3.8) is 0 Å². The van der Waals surface area contributed by atoms with Crippen molar-refractivity contribution in [2.45, 2.75) is 25.3 Å². The molecule has 3 heterocycles. The van der Waals surface area contributed by atoms with E-state index in [0.29, 0.717) is 12.0 Å². The maximum Gasteiger partial charge on any atom is 0.354 e. The van der Waals surface area contributed by atoms with Crippen LogP contribution in [-0.2, 0) is 6.42 Å². The summed E-state index contributed by atoms with van der Waals surface area (Å²) in [4.78, 5) is 25.6. The Labute approximate surface area is 122 Å². The van der Waals surface area contributed by atoms with Crippen molar-refractivity contribution in [3.05, 3.63) is 48.0 Å². The third-order valence-corrected chi connectivity index (χ3v) is 3.69. The van der Waals surface area contributed by atoms with Gasteiger partial charge in [-0.1, -0.05) is 6.07 Å². The van der Waals surface area contributed by atoms with Crippen LogP contribution in [0.3, 0.4) is 0 Å². The van der Waals surface area contributed by atoms with E-state index in [4.69, 9.17) is 5.11 Å². The van der Waals surface area contributed by atoms with Gasteiger partial charge in [0.1, 0.15) is 0 Å². The number of anilines is 1. The van der Waals surface area contributed by atoms with Gasteiger partial charge in [0, 0.05) is 31.2 Å². The van der Waals surface area contributed by atoms with E-state index in [0.717, 1.165) is 25.8 Å². The smallest absolute Gasteiger partial charge is 0.354 e. The molecule has 0 aromatic carbocycles. The SMILES string of the molecule is O=C(O)c1ccnc(N2CCCC2Cc2cccnc2)n1. The molecule has 0 radical (unpaired) electrons. The number of nitrogens with zero attached hydrogens (tertiary/aromatic N) is 4. The molecule has 1 fully saturated rings. The minimum Gasteiger partial charge on any atom is -0.477 e. The summed E-state index contributed by atoms with van der Waals surface area (Å²) in [6.07, 6.45) is 8.11. The zero-order valence-corrected chi connectivity index (χ0v) is 11.5. The van der Waals surface area contributed by atoms with Gasteiger partial charge in [-0.3, -0.25) is 4.98 Å². The van der Waals surface area contributed by atoms with Crippen molar-refractivity contribution < 1.29 is 9.90 Å². The number of aromatic nitrogens is 3. The van der Waals surface area contributed by atoms with Crippen LogP contribution in [-0.4, -0.2) is 38.6 Å². The Balaban J connectivity index is 1.80. The monoisotopic (exact) mass is 284 g/mol. The number of pyridine rings is 1. The van der Waals surface area contributed by atoms with Crippen LogP contribution in [0, 0.1) is 0 Å². The number of carboxylic acid groups (broad SMARTS) is 1. The Kier molecular flexibility index (Phi) is 3.77. The molecule has 1 N–H and O–H groups in total. The predicted octanol–water partition coefficient (Wildman–Crippen LogP) is 1.78. The van der Waals surface area contributed by atoms with Crippen LogP contribution in [0.15, 0.2) is 36.8 Å². The molecule has 1 saturated heterocycles. The Hall–Kier alpha value is -2.50. The zero-order valence-electron chi connectivity index (χ0n) is 11.5. The van der Waals surface area contributed by atoms with E-state index in [-0.39, 0.29) is 5.69 Å². The second-order valence-electron chi connectivity index (χ2n) is 5.10. The van der Waals surface area contributed by atoms with Crippen LogP contribution in [0.1, 0.15) is 28.9 Å². The molecule has 0 aliphatic carbocycles. The lowest BCUT2D eigenvalue weighted by atomic mass is 10.1. The van der Waals surface area contributed by atoms with Gasteiger partial charge in [-0.05, 0) is 37.0 Å². The Bertz CT molecular complexity index is 633. The maximum absolute atomic E-state index is 11.0. The first-order chi connectivity index (χ1) is 10.2. The highest BCUT2D eigenvalue weighted by atomic mass is 16.4. The molecular weight excluding hydrogens is 268 g/mol. The summed E-state index contributed by atoms with van der Waals surface area (Å²) < 4.78 is 0. The molecule has 0 amide bonds. The quantitative estimate of drug-likeness (QED) is 0.922. The van der Waals surface area contributed by atoms with Crippen LogP contribution >= 0.6 is 0 Å². The molecular formula is C15H16N4O2. The van der Waals surface area contributed by atoms with E-state index in [1.165, 1.54) is 17.8 Å². The van der Waals surface area contributed by atoms with E-state index < -0.39 is 5.97 Å². The first-order valence-corrected chi connectivity index (χ1v) is 6.96. The number of carboxylic acids is 1. The average Bonchev–Trinajstić information content (AvgIpc) is 2.96. The van der Waals surface area contributed by atoms with Crippen molar-refractivity contribution in [1.29, 1.82) is 0 Å². The first kappa shape index (κ1) is 13.5. The molecule has 6 heteroatoms.